The van der Waals surface area contributed by atoms with Crippen molar-refractivity contribution in [1.82, 2.24) is 14.8 Å². The number of rotatable bonds is 5. The third kappa shape index (κ3) is 2.97. The summed E-state index contributed by atoms with van der Waals surface area (Å²) in [6, 6.07) is 3.93. The molecule has 0 aliphatic carbocycles. The molecule has 0 aliphatic heterocycles. The number of hydrogen-bond donors (Lipinski definition) is 1. The van der Waals surface area contributed by atoms with Crippen LogP contribution in [0.25, 0.3) is 0 Å². The maximum Gasteiger partial charge on any atom is 0.0971 e. The lowest BCUT2D eigenvalue weighted by atomic mass is 10.1. The van der Waals surface area contributed by atoms with Crippen molar-refractivity contribution in [2.75, 3.05) is 0 Å². The average molecular weight is 310 g/mol. The summed E-state index contributed by atoms with van der Waals surface area (Å²) in [7, 11) is 0. The summed E-state index contributed by atoms with van der Waals surface area (Å²) in [6.07, 6.45) is 6.27. The van der Waals surface area contributed by atoms with Gasteiger partial charge in [0.15, 0.2) is 0 Å². The lowest BCUT2D eigenvalue weighted by Gasteiger charge is -2.13. The van der Waals surface area contributed by atoms with Crippen molar-refractivity contribution < 1.29 is 5.11 Å². The Kier molecular flexibility index (Phi) is 4.49. The third-order valence-corrected chi connectivity index (χ3v) is 3.49. The SMILES string of the molecule is CCn1ncc(Br)c1C(O)CCc1cccnc1. The number of aromatic nitrogens is 3. The van der Waals surface area contributed by atoms with Gasteiger partial charge < -0.3 is 5.11 Å². The minimum atomic E-state index is -0.512. The van der Waals surface area contributed by atoms with Crippen LogP contribution < -0.4 is 0 Å². The van der Waals surface area contributed by atoms with E-state index in [4.69, 9.17) is 0 Å². The normalized spacial score (nSPS) is 12.6. The van der Waals surface area contributed by atoms with Gasteiger partial charge >= 0.3 is 0 Å². The second kappa shape index (κ2) is 6.11. The lowest BCUT2D eigenvalue weighted by Crippen LogP contribution is -2.09. The summed E-state index contributed by atoms with van der Waals surface area (Å²) in [6.45, 7) is 2.77. The molecule has 0 aromatic carbocycles. The van der Waals surface area contributed by atoms with Crippen LogP contribution in [0.15, 0.2) is 35.2 Å². The highest BCUT2D eigenvalue weighted by molar-refractivity contribution is 9.10. The molecule has 0 amide bonds. The minimum Gasteiger partial charge on any atom is -0.387 e. The van der Waals surface area contributed by atoms with E-state index in [0.717, 1.165) is 28.7 Å². The fourth-order valence-corrected chi connectivity index (χ4v) is 2.50. The predicted molar refractivity (Wildman–Crippen MR) is 73.1 cm³/mol. The number of aliphatic hydroxyl groups is 1. The van der Waals surface area contributed by atoms with Gasteiger partial charge in [0.2, 0.25) is 0 Å². The molecule has 4 nitrogen and oxygen atoms in total. The van der Waals surface area contributed by atoms with Crippen LogP contribution in [-0.4, -0.2) is 19.9 Å². The molecule has 1 unspecified atom stereocenters. The molecule has 1 atom stereocenters. The first-order chi connectivity index (χ1) is 8.72. The van der Waals surface area contributed by atoms with Crippen LogP contribution in [0.2, 0.25) is 0 Å². The summed E-state index contributed by atoms with van der Waals surface area (Å²) < 4.78 is 2.68. The van der Waals surface area contributed by atoms with Crippen molar-refractivity contribution >= 4 is 15.9 Å². The first-order valence-electron chi connectivity index (χ1n) is 6.00. The Balaban J connectivity index is 2.03. The first kappa shape index (κ1) is 13.2. The number of aliphatic hydroxyl groups excluding tert-OH is 1. The van der Waals surface area contributed by atoms with Crippen LogP contribution in [0.5, 0.6) is 0 Å². The second-order valence-electron chi connectivity index (χ2n) is 4.11. The van der Waals surface area contributed by atoms with E-state index in [1.165, 1.54) is 0 Å². The van der Waals surface area contributed by atoms with Crippen molar-refractivity contribution in [3.8, 4) is 0 Å². The van der Waals surface area contributed by atoms with Gasteiger partial charge in [0.05, 0.1) is 22.5 Å². The zero-order valence-electron chi connectivity index (χ0n) is 10.3. The topological polar surface area (TPSA) is 50.9 Å². The number of pyridine rings is 1. The van der Waals surface area contributed by atoms with Gasteiger partial charge in [-0.25, -0.2) is 0 Å². The second-order valence-corrected chi connectivity index (χ2v) is 4.96. The molecule has 1 N–H and O–H groups in total. The molecule has 0 saturated carbocycles. The number of nitrogens with zero attached hydrogens (tertiary/aromatic N) is 3. The number of halogens is 1. The van der Waals surface area contributed by atoms with Gasteiger partial charge in [-0.15, -0.1) is 0 Å². The van der Waals surface area contributed by atoms with Crippen LogP contribution >= 0.6 is 15.9 Å². The Hall–Kier alpha value is -1.20. The molecular weight excluding hydrogens is 294 g/mol. The van der Waals surface area contributed by atoms with E-state index in [9.17, 15) is 5.11 Å². The smallest absolute Gasteiger partial charge is 0.0971 e. The summed E-state index contributed by atoms with van der Waals surface area (Å²) >= 11 is 3.43. The van der Waals surface area contributed by atoms with E-state index >= 15 is 0 Å². The Bertz CT molecular complexity index is 498. The van der Waals surface area contributed by atoms with E-state index in [1.807, 2.05) is 29.9 Å². The summed E-state index contributed by atoms with van der Waals surface area (Å²) in [5.41, 5.74) is 1.98. The number of aryl methyl sites for hydroxylation is 2. The molecule has 0 spiro atoms. The maximum absolute atomic E-state index is 10.3. The van der Waals surface area contributed by atoms with Crippen molar-refractivity contribution in [3.05, 3.63) is 46.5 Å². The fourth-order valence-electron chi connectivity index (χ4n) is 1.94. The fraction of sp³-hybridized carbons (Fsp3) is 0.385. The Morgan fingerprint density at radius 1 is 1.44 bits per heavy atom. The molecule has 0 bridgehead atoms. The standard InChI is InChI=1S/C13H16BrN3O/c1-2-17-13(11(14)9-16-17)12(18)6-5-10-4-3-7-15-8-10/h3-4,7-9,12,18H,2,5-6H2,1H3. The van der Waals surface area contributed by atoms with Crippen molar-refractivity contribution in [1.29, 1.82) is 0 Å². The summed E-state index contributed by atoms with van der Waals surface area (Å²) in [4.78, 5) is 4.07. The molecule has 18 heavy (non-hydrogen) atoms. The minimum absolute atomic E-state index is 0.512. The van der Waals surface area contributed by atoms with E-state index in [0.29, 0.717) is 6.42 Å². The monoisotopic (exact) mass is 309 g/mol. The molecule has 96 valence electrons. The molecule has 2 aromatic rings. The predicted octanol–water partition coefficient (Wildman–Crippen LogP) is 2.73. The zero-order chi connectivity index (χ0) is 13.0. The lowest BCUT2D eigenvalue weighted by molar-refractivity contribution is 0.156. The molecule has 0 fully saturated rings. The van der Waals surface area contributed by atoms with E-state index < -0.39 is 6.10 Å². The molecular formula is C13H16BrN3O. The van der Waals surface area contributed by atoms with Gasteiger partial charge in [0, 0.05) is 18.9 Å². The highest BCUT2D eigenvalue weighted by Gasteiger charge is 2.16. The van der Waals surface area contributed by atoms with Crippen molar-refractivity contribution in [2.45, 2.75) is 32.4 Å². The molecule has 0 radical (unpaired) electrons. The van der Waals surface area contributed by atoms with Crippen molar-refractivity contribution in [3.63, 3.8) is 0 Å². The summed E-state index contributed by atoms with van der Waals surface area (Å²) in [5, 5.41) is 14.5. The highest BCUT2D eigenvalue weighted by Crippen LogP contribution is 2.26. The molecule has 0 saturated heterocycles. The Morgan fingerprint density at radius 2 is 2.28 bits per heavy atom. The quantitative estimate of drug-likeness (QED) is 0.924. The van der Waals surface area contributed by atoms with Crippen LogP contribution in [0, 0.1) is 0 Å². The van der Waals surface area contributed by atoms with Gasteiger partial charge in [0.1, 0.15) is 0 Å². The average Bonchev–Trinajstić information content (AvgIpc) is 2.78. The van der Waals surface area contributed by atoms with Gasteiger partial charge in [0.25, 0.3) is 0 Å². The molecule has 2 aromatic heterocycles. The van der Waals surface area contributed by atoms with E-state index in [2.05, 4.69) is 26.0 Å². The number of hydrogen-bond acceptors (Lipinski definition) is 3. The van der Waals surface area contributed by atoms with Crippen LogP contribution in [0.1, 0.15) is 30.7 Å². The Labute approximate surface area is 115 Å². The zero-order valence-corrected chi connectivity index (χ0v) is 11.8. The van der Waals surface area contributed by atoms with E-state index in [1.54, 1.807) is 12.4 Å². The largest absolute Gasteiger partial charge is 0.387 e. The van der Waals surface area contributed by atoms with Crippen LogP contribution in [0.4, 0.5) is 0 Å². The van der Waals surface area contributed by atoms with Gasteiger partial charge in [-0.2, -0.15) is 5.10 Å². The molecule has 2 heterocycles. The molecule has 5 heteroatoms. The van der Waals surface area contributed by atoms with Gasteiger partial charge in [-0.3, -0.25) is 9.67 Å². The molecule has 2 rings (SSSR count). The van der Waals surface area contributed by atoms with E-state index in [-0.39, 0.29) is 0 Å². The Morgan fingerprint density at radius 3 is 2.94 bits per heavy atom. The van der Waals surface area contributed by atoms with Gasteiger partial charge in [-0.1, -0.05) is 6.07 Å². The molecule has 0 aliphatic rings. The third-order valence-electron chi connectivity index (χ3n) is 2.88. The van der Waals surface area contributed by atoms with Crippen LogP contribution in [-0.2, 0) is 13.0 Å². The van der Waals surface area contributed by atoms with Crippen LogP contribution in [0.3, 0.4) is 0 Å². The van der Waals surface area contributed by atoms with Gasteiger partial charge in [-0.05, 0) is 47.3 Å². The highest BCUT2D eigenvalue weighted by atomic mass is 79.9. The van der Waals surface area contributed by atoms with Crippen molar-refractivity contribution in [2.24, 2.45) is 0 Å². The summed E-state index contributed by atoms with van der Waals surface area (Å²) in [5.74, 6) is 0. The first-order valence-corrected chi connectivity index (χ1v) is 6.79. The maximum atomic E-state index is 10.3.